The Bertz CT molecular complexity index is 1050. The Balaban J connectivity index is 1.66. The summed E-state index contributed by atoms with van der Waals surface area (Å²) < 4.78 is 0. The minimum absolute atomic E-state index is 0.0692. The highest BCUT2D eigenvalue weighted by Crippen LogP contribution is 2.31. The topological polar surface area (TPSA) is 95.5 Å². The smallest absolute Gasteiger partial charge is 0.307 e. The number of carboxylic acids is 1. The number of allylic oxidation sites excluding steroid dienone is 2. The number of carbonyl (C=O) groups excluding carboxylic acids is 2. The third kappa shape index (κ3) is 6.71. The quantitative estimate of drug-likeness (QED) is 0.357. The Morgan fingerprint density at radius 2 is 1.64 bits per heavy atom. The Hall–Kier alpha value is -3.06. The normalized spacial score (nSPS) is 18.4. The van der Waals surface area contributed by atoms with E-state index in [4.69, 9.17) is 0 Å². The number of carboxylic acid groups (broad SMARTS) is 1. The van der Waals surface area contributed by atoms with Crippen molar-refractivity contribution in [2.24, 2.45) is 11.8 Å². The molecule has 1 aliphatic rings. The SMILES string of the molecule is CCC(Sc1cccc(NC(=O)C2CC=CCC2C(=O)O)c1)C(=O)Nc1cc(C)cc(C)c1. The van der Waals surface area contributed by atoms with Gasteiger partial charge in [0.15, 0.2) is 0 Å². The van der Waals surface area contributed by atoms with Gasteiger partial charge in [-0.3, -0.25) is 14.4 Å². The average Bonchev–Trinajstić information content (AvgIpc) is 2.76. The molecular weight excluding hydrogens is 436 g/mol. The number of rotatable bonds is 8. The van der Waals surface area contributed by atoms with E-state index in [0.29, 0.717) is 24.9 Å². The number of carbonyl (C=O) groups is 3. The van der Waals surface area contributed by atoms with Crippen LogP contribution < -0.4 is 10.6 Å². The van der Waals surface area contributed by atoms with Crippen LogP contribution in [0.5, 0.6) is 0 Å². The molecule has 7 heteroatoms. The maximum absolute atomic E-state index is 12.9. The first kappa shape index (κ1) is 24.6. The van der Waals surface area contributed by atoms with Crippen LogP contribution in [0, 0.1) is 25.7 Å². The molecule has 3 rings (SSSR count). The molecule has 0 aromatic heterocycles. The zero-order chi connectivity index (χ0) is 24.0. The molecule has 2 aromatic carbocycles. The van der Waals surface area contributed by atoms with Gasteiger partial charge in [0.25, 0.3) is 0 Å². The van der Waals surface area contributed by atoms with Gasteiger partial charge in [-0.1, -0.05) is 31.2 Å². The molecule has 33 heavy (non-hydrogen) atoms. The standard InChI is InChI=1S/C26H30N2O4S/c1-4-23(25(30)28-19-13-16(2)12-17(3)14-19)33-20-9-7-8-18(15-20)27-24(29)21-10-5-6-11-22(21)26(31)32/h5-9,12-15,21-23H,4,10-11H2,1-3H3,(H,27,29)(H,28,30)(H,31,32). The summed E-state index contributed by atoms with van der Waals surface area (Å²) in [6.07, 6.45) is 5.08. The summed E-state index contributed by atoms with van der Waals surface area (Å²) in [5.74, 6) is -2.64. The molecule has 174 valence electrons. The molecule has 2 aromatic rings. The van der Waals surface area contributed by atoms with Crippen LogP contribution in [0.25, 0.3) is 0 Å². The molecule has 0 saturated carbocycles. The second-order valence-corrected chi connectivity index (χ2v) is 9.67. The summed E-state index contributed by atoms with van der Waals surface area (Å²) in [5, 5.41) is 15.0. The van der Waals surface area contributed by atoms with Gasteiger partial charge in [-0.25, -0.2) is 0 Å². The van der Waals surface area contributed by atoms with E-state index >= 15 is 0 Å². The van der Waals surface area contributed by atoms with Gasteiger partial charge in [0.1, 0.15) is 0 Å². The van der Waals surface area contributed by atoms with Crippen molar-refractivity contribution in [3.8, 4) is 0 Å². The molecular formula is C26H30N2O4S. The molecule has 6 nitrogen and oxygen atoms in total. The minimum Gasteiger partial charge on any atom is -0.481 e. The summed E-state index contributed by atoms with van der Waals surface area (Å²) in [7, 11) is 0. The van der Waals surface area contributed by atoms with Crippen LogP contribution in [0.1, 0.15) is 37.3 Å². The van der Waals surface area contributed by atoms with Crippen LogP contribution >= 0.6 is 11.8 Å². The first-order valence-electron chi connectivity index (χ1n) is 11.1. The molecule has 3 atom stereocenters. The number of aryl methyl sites for hydroxylation is 2. The molecule has 0 aliphatic heterocycles. The van der Waals surface area contributed by atoms with Crippen molar-refractivity contribution in [1.29, 1.82) is 0 Å². The van der Waals surface area contributed by atoms with Gasteiger partial charge in [-0.15, -0.1) is 11.8 Å². The molecule has 0 heterocycles. The van der Waals surface area contributed by atoms with Crippen molar-refractivity contribution < 1.29 is 19.5 Å². The van der Waals surface area contributed by atoms with E-state index in [0.717, 1.165) is 21.7 Å². The Morgan fingerprint density at radius 3 is 2.27 bits per heavy atom. The zero-order valence-electron chi connectivity index (χ0n) is 19.1. The third-order valence-electron chi connectivity index (χ3n) is 5.62. The van der Waals surface area contributed by atoms with E-state index in [-0.39, 0.29) is 17.1 Å². The van der Waals surface area contributed by atoms with Crippen molar-refractivity contribution in [2.75, 3.05) is 10.6 Å². The first-order valence-corrected chi connectivity index (χ1v) is 12.0. The highest BCUT2D eigenvalue weighted by atomic mass is 32.2. The fourth-order valence-electron chi connectivity index (χ4n) is 4.02. The second kappa shape index (κ2) is 11.2. The molecule has 2 amide bonds. The Kier molecular flexibility index (Phi) is 8.33. The summed E-state index contributed by atoms with van der Waals surface area (Å²) in [5.41, 5.74) is 3.56. The van der Waals surface area contributed by atoms with E-state index in [1.54, 1.807) is 6.07 Å². The fourth-order valence-corrected chi connectivity index (χ4v) is 5.03. The first-order chi connectivity index (χ1) is 15.8. The van der Waals surface area contributed by atoms with Gasteiger partial charge >= 0.3 is 5.97 Å². The molecule has 0 fully saturated rings. The number of anilines is 2. The maximum Gasteiger partial charge on any atom is 0.307 e. The summed E-state index contributed by atoms with van der Waals surface area (Å²) in [4.78, 5) is 38.0. The van der Waals surface area contributed by atoms with Crippen molar-refractivity contribution in [3.05, 3.63) is 65.7 Å². The van der Waals surface area contributed by atoms with Gasteiger partial charge in [0, 0.05) is 16.3 Å². The number of aliphatic carboxylic acids is 1. The lowest BCUT2D eigenvalue weighted by molar-refractivity contribution is -0.146. The predicted octanol–water partition coefficient (Wildman–Crippen LogP) is 5.42. The predicted molar refractivity (Wildman–Crippen MR) is 133 cm³/mol. The maximum atomic E-state index is 12.9. The van der Waals surface area contributed by atoms with Crippen LogP contribution in [0.15, 0.2) is 59.5 Å². The molecule has 0 bridgehead atoms. The number of benzene rings is 2. The second-order valence-electron chi connectivity index (χ2n) is 8.39. The Labute approximate surface area is 198 Å². The summed E-state index contributed by atoms with van der Waals surface area (Å²) in [6.45, 7) is 5.96. The fraction of sp³-hybridized carbons (Fsp3) is 0.346. The molecule has 3 unspecified atom stereocenters. The number of nitrogens with one attached hydrogen (secondary N) is 2. The van der Waals surface area contributed by atoms with Crippen LogP contribution in [0.4, 0.5) is 11.4 Å². The van der Waals surface area contributed by atoms with Crippen molar-refractivity contribution in [2.45, 2.75) is 50.2 Å². The van der Waals surface area contributed by atoms with Gasteiger partial charge in [0.2, 0.25) is 11.8 Å². The van der Waals surface area contributed by atoms with E-state index in [1.807, 2.05) is 63.3 Å². The number of thioether (sulfide) groups is 1. The lowest BCUT2D eigenvalue weighted by Crippen LogP contribution is -2.34. The van der Waals surface area contributed by atoms with E-state index in [1.165, 1.54) is 11.8 Å². The monoisotopic (exact) mass is 466 g/mol. The minimum atomic E-state index is -0.954. The van der Waals surface area contributed by atoms with Gasteiger partial charge in [-0.05, 0) is 74.6 Å². The van der Waals surface area contributed by atoms with E-state index in [2.05, 4.69) is 16.7 Å². The number of hydrogen-bond acceptors (Lipinski definition) is 4. The molecule has 3 N–H and O–H groups in total. The highest BCUT2D eigenvalue weighted by molar-refractivity contribution is 8.00. The summed E-state index contributed by atoms with van der Waals surface area (Å²) in [6, 6.07) is 13.3. The molecule has 0 spiro atoms. The lowest BCUT2D eigenvalue weighted by atomic mass is 9.82. The van der Waals surface area contributed by atoms with Crippen LogP contribution in [0.2, 0.25) is 0 Å². The molecule has 1 aliphatic carbocycles. The van der Waals surface area contributed by atoms with Crippen molar-refractivity contribution in [1.82, 2.24) is 0 Å². The Morgan fingerprint density at radius 1 is 0.970 bits per heavy atom. The zero-order valence-corrected chi connectivity index (χ0v) is 19.9. The van der Waals surface area contributed by atoms with Crippen LogP contribution in [0.3, 0.4) is 0 Å². The molecule has 0 radical (unpaired) electrons. The van der Waals surface area contributed by atoms with Crippen molar-refractivity contribution >= 4 is 40.9 Å². The van der Waals surface area contributed by atoms with E-state index < -0.39 is 17.8 Å². The van der Waals surface area contributed by atoms with Crippen molar-refractivity contribution in [3.63, 3.8) is 0 Å². The largest absolute Gasteiger partial charge is 0.481 e. The average molecular weight is 467 g/mol. The number of amides is 2. The van der Waals surface area contributed by atoms with Crippen LogP contribution in [-0.2, 0) is 14.4 Å². The number of hydrogen-bond donors (Lipinski definition) is 3. The van der Waals surface area contributed by atoms with Gasteiger partial charge in [-0.2, -0.15) is 0 Å². The lowest BCUT2D eigenvalue weighted by Gasteiger charge is -2.24. The molecule has 0 saturated heterocycles. The highest BCUT2D eigenvalue weighted by Gasteiger charge is 2.34. The summed E-state index contributed by atoms with van der Waals surface area (Å²) >= 11 is 1.44. The third-order valence-corrected chi connectivity index (χ3v) is 6.98. The van der Waals surface area contributed by atoms with Crippen LogP contribution in [-0.4, -0.2) is 28.1 Å². The van der Waals surface area contributed by atoms with Gasteiger partial charge in [0.05, 0.1) is 17.1 Å². The van der Waals surface area contributed by atoms with E-state index in [9.17, 15) is 19.5 Å². The van der Waals surface area contributed by atoms with Gasteiger partial charge < -0.3 is 15.7 Å².